The first-order valence-electron chi connectivity index (χ1n) is 6.10. The highest BCUT2D eigenvalue weighted by molar-refractivity contribution is 9.10. The third kappa shape index (κ3) is 4.54. The molecule has 0 aliphatic heterocycles. The van der Waals surface area contributed by atoms with Gasteiger partial charge in [-0.1, -0.05) is 54.4 Å². The zero-order valence-corrected chi connectivity index (χ0v) is 13.8. The number of likely N-dealkylation sites (N-methyl/N-ethyl adjacent to an activating group) is 1. The van der Waals surface area contributed by atoms with Crippen LogP contribution in [0, 0.1) is 5.41 Å². The van der Waals surface area contributed by atoms with Gasteiger partial charge < -0.3 is 5.73 Å². The average molecular weight is 334 g/mol. The van der Waals surface area contributed by atoms with Gasteiger partial charge in [0.05, 0.1) is 0 Å². The van der Waals surface area contributed by atoms with E-state index in [4.69, 9.17) is 17.3 Å². The summed E-state index contributed by atoms with van der Waals surface area (Å²) < 4.78 is 0.991. The van der Waals surface area contributed by atoms with Gasteiger partial charge in [-0.25, -0.2) is 0 Å². The van der Waals surface area contributed by atoms with Crippen molar-refractivity contribution < 1.29 is 0 Å². The lowest BCUT2D eigenvalue weighted by atomic mass is 9.94. The summed E-state index contributed by atoms with van der Waals surface area (Å²) in [6, 6.07) is 6.13. The molecule has 0 saturated heterocycles. The Balaban J connectivity index is 2.95. The molecule has 102 valence electrons. The molecule has 1 rings (SSSR count). The molecule has 0 spiro atoms. The fourth-order valence-corrected chi connectivity index (χ4v) is 2.97. The van der Waals surface area contributed by atoms with Gasteiger partial charge in [0.2, 0.25) is 0 Å². The molecule has 0 fully saturated rings. The molecule has 1 aromatic carbocycles. The number of halogens is 2. The van der Waals surface area contributed by atoms with Gasteiger partial charge in [-0.2, -0.15) is 0 Å². The van der Waals surface area contributed by atoms with E-state index in [9.17, 15) is 0 Å². The van der Waals surface area contributed by atoms with Gasteiger partial charge in [0.15, 0.2) is 0 Å². The second-order valence-corrected chi connectivity index (χ2v) is 7.22. The molecule has 0 aromatic heterocycles. The van der Waals surface area contributed by atoms with Crippen molar-refractivity contribution in [1.82, 2.24) is 4.90 Å². The molecule has 2 N–H and O–H groups in total. The van der Waals surface area contributed by atoms with Gasteiger partial charge in [0.1, 0.15) is 0 Å². The van der Waals surface area contributed by atoms with E-state index in [1.807, 2.05) is 18.2 Å². The molecule has 1 unspecified atom stereocenters. The summed E-state index contributed by atoms with van der Waals surface area (Å²) in [6.07, 6.45) is 0. The Hall–Kier alpha value is -0.0900. The predicted molar refractivity (Wildman–Crippen MR) is 83.0 cm³/mol. The monoisotopic (exact) mass is 332 g/mol. The number of hydrogen-bond acceptors (Lipinski definition) is 2. The third-order valence-electron chi connectivity index (χ3n) is 2.80. The molecule has 18 heavy (non-hydrogen) atoms. The summed E-state index contributed by atoms with van der Waals surface area (Å²) in [4.78, 5) is 2.27. The van der Waals surface area contributed by atoms with Gasteiger partial charge in [0, 0.05) is 28.6 Å². The van der Waals surface area contributed by atoms with E-state index in [0.717, 1.165) is 21.6 Å². The SMILES string of the molecule is CN(CC(C)(C)C)C(CN)c1ccc(Br)cc1Cl. The lowest BCUT2D eigenvalue weighted by Gasteiger charge is -2.33. The Kier molecular flexibility index (Phi) is 5.66. The molecular weight excluding hydrogens is 312 g/mol. The smallest absolute Gasteiger partial charge is 0.0482 e. The van der Waals surface area contributed by atoms with Crippen LogP contribution in [0.5, 0.6) is 0 Å². The summed E-state index contributed by atoms with van der Waals surface area (Å²) in [5, 5.41) is 0.764. The largest absolute Gasteiger partial charge is 0.329 e. The third-order valence-corrected chi connectivity index (χ3v) is 3.62. The van der Waals surface area contributed by atoms with Crippen molar-refractivity contribution in [2.24, 2.45) is 11.1 Å². The van der Waals surface area contributed by atoms with Crippen molar-refractivity contribution in [3.05, 3.63) is 33.3 Å². The summed E-state index contributed by atoms with van der Waals surface area (Å²) in [5.74, 6) is 0. The minimum absolute atomic E-state index is 0.157. The Morgan fingerprint density at radius 3 is 2.44 bits per heavy atom. The van der Waals surface area contributed by atoms with Crippen molar-refractivity contribution in [2.75, 3.05) is 20.1 Å². The van der Waals surface area contributed by atoms with Crippen molar-refractivity contribution >= 4 is 27.5 Å². The molecule has 1 aromatic rings. The van der Waals surface area contributed by atoms with E-state index in [0.29, 0.717) is 6.54 Å². The fraction of sp³-hybridized carbons (Fsp3) is 0.571. The van der Waals surface area contributed by atoms with Crippen LogP contribution in [0.2, 0.25) is 5.02 Å². The first-order chi connectivity index (χ1) is 8.24. The quantitative estimate of drug-likeness (QED) is 0.899. The van der Waals surface area contributed by atoms with E-state index in [2.05, 4.69) is 48.6 Å². The second-order valence-electron chi connectivity index (χ2n) is 5.89. The molecule has 4 heteroatoms. The molecule has 1 atom stereocenters. The molecule has 0 aliphatic rings. The van der Waals surface area contributed by atoms with Crippen LogP contribution in [0.1, 0.15) is 32.4 Å². The zero-order chi connectivity index (χ0) is 13.9. The van der Waals surface area contributed by atoms with E-state index >= 15 is 0 Å². The molecule has 0 amide bonds. The maximum absolute atomic E-state index is 6.31. The van der Waals surface area contributed by atoms with Crippen LogP contribution in [0.4, 0.5) is 0 Å². The van der Waals surface area contributed by atoms with Crippen LogP contribution < -0.4 is 5.73 Å². The number of benzene rings is 1. The van der Waals surface area contributed by atoms with Gasteiger partial charge in [-0.05, 0) is 30.2 Å². The van der Waals surface area contributed by atoms with Crippen molar-refractivity contribution in [3.8, 4) is 0 Å². The van der Waals surface area contributed by atoms with E-state index < -0.39 is 0 Å². The molecule has 0 saturated carbocycles. The highest BCUT2D eigenvalue weighted by Crippen LogP contribution is 2.30. The maximum Gasteiger partial charge on any atom is 0.0482 e. The lowest BCUT2D eigenvalue weighted by molar-refractivity contribution is 0.176. The van der Waals surface area contributed by atoms with Gasteiger partial charge in [-0.15, -0.1) is 0 Å². The van der Waals surface area contributed by atoms with Crippen LogP contribution in [0.3, 0.4) is 0 Å². The predicted octanol–water partition coefficient (Wildman–Crippen LogP) is 4.08. The van der Waals surface area contributed by atoms with E-state index in [1.165, 1.54) is 0 Å². The van der Waals surface area contributed by atoms with Crippen LogP contribution in [0.25, 0.3) is 0 Å². The maximum atomic E-state index is 6.31. The van der Waals surface area contributed by atoms with Crippen molar-refractivity contribution in [2.45, 2.75) is 26.8 Å². The second kappa shape index (κ2) is 6.38. The van der Waals surface area contributed by atoms with Crippen molar-refractivity contribution in [1.29, 1.82) is 0 Å². The molecule has 2 nitrogen and oxygen atoms in total. The molecule has 0 radical (unpaired) electrons. The summed E-state index contributed by atoms with van der Waals surface area (Å²) in [5.41, 5.74) is 7.25. The first kappa shape index (κ1) is 16.0. The molecule has 0 aliphatic carbocycles. The first-order valence-corrected chi connectivity index (χ1v) is 7.27. The van der Waals surface area contributed by atoms with Gasteiger partial charge >= 0.3 is 0 Å². The normalized spacial score (nSPS) is 14.0. The number of hydrogen-bond donors (Lipinski definition) is 1. The zero-order valence-electron chi connectivity index (χ0n) is 11.5. The number of nitrogens with two attached hydrogens (primary N) is 1. The summed E-state index contributed by atoms with van der Waals surface area (Å²) >= 11 is 9.73. The Bertz CT molecular complexity index is 401. The van der Waals surface area contributed by atoms with Crippen LogP contribution in [-0.2, 0) is 0 Å². The van der Waals surface area contributed by atoms with Gasteiger partial charge in [-0.3, -0.25) is 4.90 Å². The summed E-state index contributed by atoms with van der Waals surface area (Å²) in [6.45, 7) is 8.20. The molecular formula is C14H22BrClN2. The average Bonchev–Trinajstić information content (AvgIpc) is 2.19. The fourth-order valence-electron chi connectivity index (χ4n) is 2.17. The minimum atomic E-state index is 0.157. The highest BCUT2D eigenvalue weighted by atomic mass is 79.9. The highest BCUT2D eigenvalue weighted by Gasteiger charge is 2.22. The van der Waals surface area contributed by atoms with E-state index in [1.54, 1.807) is 0 Å². The Morgan fingerprint density at radius 1 is 1.39 bits per heavy atom. The van der Waals surface area contributed by atoms with Crippen LogP contribution in [-0.4, -0.2) is 25.0 Å². The Morgan fingerprint density at radius 2 is 2.00 bits per heavy atom. The Labute approximate surface area is 124 Å². The number of nitrogens with zero attached hydrogens (tertiary/aromatic N) is 1. The topological polar surface area (TPSA) is 29.3 Å². The standard InChI is InChI=1S/C14H22BrClN2/c1-14(2,3)9-18(4)13(8-17)11-6-5-10(15)7-12(11)16/h5-7,13H,8-9,17H2,1-4H3. The molecule has 0 heterocycles. The minimum Gasteiger partial charge on any atom is -0.329 e. The van der Waals surface area contributed by atoms with Crippen LogP contribution >= 0.6 is 27.5 Å². The van der Waals surface area contributed by atoms with Crippen molar-refractivity contribution in [3.63, 3.8) is 0 Å². The van der Waals surface area contributed by atoms with Crippen LogP contribution in [0.15, 0.2) is 22.7 Å². The summed E-state index contributed by atoms with van der Waals surface area (Å²) in [7, 11) is 2.10. The lowest BCUT2D eigenvalue weighted by Crippen LogP contribution is -2.36. The van der Waals surface area contributed by atoms with E-state index in [-0.39, 0.29) is 11.5 Å². The number of rotatable bonds is 4. The molecule has 0 bridgehead atoms. The van der Waals surface area contributed by atoms with Gasteiger partial charge in [0.25, 0.3) is 0 Å².